The highest BCUT2D eigenvalue weighted by atomic mass is 79.9. The lowest BCUT2D eigenvalue weighted by Crippen LogP contribution is -2.25. The number of aliphatic carboxylic acids is 1. The monoisotopic (exact) mass is 498 g/mol. The van der Waals surface area contributed by atoms with Crippen molar-refractivity contribution >= 4 is 50.4 Å². The molecule has 3 aromatic rings. The summed E-state index contributed by atoms with van der Waals surface area (Å²) >= 11 is 3.36. The van der Waals surface area contributed by atoms with Crippen molar-refractivity contribution < 1.29 is 9.90 Å². The molecule has 0 amide bonds. The smallest absolute Gasteiger partial charge is 0.312 e. The zero-order valence-corrected chi connectivity index (χ0v) is 19.1. The maximum absolute atomic E-state index is 12.8. The first-order valence-corrected chi connectivity index (χ1v) is 11.3. The van der Waals surface area contributed by atoms with Crippen LogP contribution in [0.25, 0.3) is 11.0 Å². The van der Waals surface area contributed by atoms with Gasteiger partial charge in [0.2, 0.25) is 5.95 Å². The van der Waals surface area contributed by atoms with Gasteiger partial charge in [-0.15, -0.1) is 0 Å². The first-order chi connectivity index (χ1) is 15.4. The summed E-state index contributed by atoms with van der Waals surface area (Å²) in [5.74, 6) is -1.13. The van der Waals surface area contributed by atoms with Crippen LogP contribution in [0.3, 0.4) is 0 Å². The highest BCUT2D eigenvalue weighted by Gasteiger charge is 2.23. The molecule has 0 radical (unpaired) electrons. The zero-order chi connectivity index (χ0) is 22.8. The van der Waals surface area contributed by atoms with Crippen LogP contribution in [0.1, 0.15) is 50.6 Å². The number of aromatic nitrogens is 4. The number of carboxylic acid groups (broad SMARTS) is 1. The van der Waals surface area contributed by atoms with Gasteiger partial charge in [0.05, 0.1) is 16.1 Å². The topological polar surface area (TPSA) is 134 Å². The number of rotatable bonds is 7. The van der Waals surface area contributed by atoms with E-state index in [4.69, 9.17) is 5.41 Å². The highest BCUT2D eigenvalue weighted by Crippen LogP contribution is 2.31. The first kappa shape index (κ1) is 22.1. The molecule has 32 heavy (non-hydrogen) atoms. The second-order valence-electron chi connectivity index (χ2n) is 7.85. The minimum absolute atomic E-state index is 0.0205. The molecule has 1 fully saturated rings. The molecule has 166 valence electrons. The van der Waals surface area contributed by atoms with Crippen molar-refractivity contribution in [2.45, 2.75) is 45.1 Å². The maximum atomic E-state index is 12.8. The average molecular weight is 499 g/mol. The summed E-state index contributed by atoms with van der Waals surface area (Å²) in [6, 6.07) is 5.15. The Morgan fingerprint density at radius 3 is 2.69 bits per heavy atom. The molecule has 3 heterocycles. The van der Waals surface area contributed by atoms with Gasteiger partial charge in [-0.2, -0.15) is 4.98 Å². The number of carbonyl (C=O) groups is 1. The zero-order valence-electron chi connectivity index (χ0n) is 17.5. The van der Waals surface area contributed by atoms with Crippen molar-refractivity contribution in [1.82, 2.24) is 19.5 Å². The van der Waals surface area contributed by atoms with E-state index in [0.717, 1.165) is 31.1 Å². The van der Waals surface area contributed by atoms with Crippen LogP contribution in [0.15, 0.2) is 39.9 Å². The Morgan fingerprint density at radius 2 is 2.06 bits per heavy atom. The van der Waals surface area contributed by atoms with Crippen molar-refractivity contribution in [3.05, 3.63) is 51.0 Å². The molecule has 0 aliphatic heterocycles. The lowest BCUT2D eigenvalue weighted by molar-refractivity contribution is -0.139. The van der Waals surface area contributed by atoms with Gasteiger partial charge >= 0.3 is 5.97 Å². The molecule has 1 aliphatic rings. The number of halogens is 1. The second kappa shape index (κ2) is 9.15. The molecule has 1 unspecified atom stereocenters. The summed E-state index contributed by atoms with van der Waals surface area (Å²) in [7, 11) is 0. The van der Waals surface area contributed by atoms with Gasteiger partial charge in [0.25, 0.3) is 5.56 Å². The van der Waals surface area contributed by atoms with Crippen LogP contribution in [0, 0.1) is 11.3 Å². The SMILES string of the molecule is CCC(C(=N)c1ccc(Nc2ncc3cc(Br)c(=O)n(C4CCCC4)c3n2)nc1)C(=O)O. The molecular weight excluding hydrogens is 476 g/mol. The van der Waals surface area contributed by atoms with Crippen LogP contribution in [0.5, 0.6) is 0 Å². The molecule has 0 saturated heterocycles. The fourth-order valence-corrected chi connectivity index (χ4v) is 4.53. The summed E-state index contributed by atoms with van der Waals surface area (Å²) < 4.78 is 2.25. The number of carboxylic acids is 1. The molecule has 4 rings (SSSR count). The van der Waals surface area contributed by atoms with Gasteiger partial charge in [-0.25, -0.2) is 9.97 Å². The fourth-order valence-electron chi connectivity index (χ4n) is 4.09. The van der Waals surface area contributed by atoms with Crippen molar-refractivity contribution in [3.8, 4) is 0 Å². The van der Waals surface area contributed by atoms with Gasteiger partial charge in [0.1, 0.15) is 11.5 Å². The summed E-state index contributed by atoms with van der Waals surface area (Å²) in [5, 5.41) is 21.2. The number of anilines is 2. The van der Waals surface area contributed by atoms with Gasteiger partial charge in [-0.1, -0.05) is 19.8 Å². The standard InChI is InChI=1S/C22H23BrN6O3/c1-2-15(21(31)32)18(24)12-7-8-17(25-10-12)27-22-26-11-13-9-16(23)20(30)29(19(13)28-22)14-5-3-4-6-14/h7-11,14-15,24H,2-6H2,1H3,(H,31,32)(H,25,26,27,28). The van der Waals surface area contributed by atoms with Gasteiger partial charge < -0.3 is 15.8 Å². The molecule has 1 aliphatic carbocycles. The largest absolute Gasteiger partial charge is 0.481 e. The summed E-state index contributed by atoms with van der Waals surface area (Å²) in [6.45, 7) is 1.73. The van der Waals surface area contributed by atoms with Gasteiger partial charge in [-0.05, 0) is 53.4 Å². The van der Waals surface area contributed by atoms with Gasteiger partial charge in [0.15, 0.2) is 0 Å². The quantitative estimate of drug-likeness (QED) is 0.413. The normalized spacial score (nSPS) is 15.1. The Bertz CT molecular complexity index is 1230. The van der Waals surface area contributed by atoms with E-state index in [-0.39, 0.29) is 17.3 Å². The molecule has 9 nitrogen and oxygen atoms in total. The highest BCUT2D eigenvalue weighted by molar-refractivity contribution is 9.10. The van der Waals surface area contributed by atoms with E-state index in [0.29, 0.717) is 33.9 Å². The fraction of sp³-hybridized carbons (Fsp3) is 0.364. The minimum Gasteiger partial charge on any atom is -0.481 e. The predicted octanol–water partition coefficient (Wildman–Crippen LogP) is 4.29. The van der Waals surface area contributed by atoms with Crippen molar-refractivity contribution in [1.29, 1.82) is 5.41 Å². The summed E-state index contributed by atoms with van der Waals surface area (Å²) in [4.78, 5) is 37.4. The van der Waals surface area contributed by atoms with Crippen LogP contribution < -0.4 is 10.9 Å². The molecule has 3 N–H and O–H groups in total. The molecule has 1 saturated carbocycles. The summed E-state index contributed by atoms with van der Waals surface area (Å²) in [6.07, 6.45) is 7.54. The Kier molecular flexibility index (Phi) is 6.31. The molecule has 0 bridgehead atoms. The third kappa shape index (κ3) is 4.27. The molecule has 10 heteroatoms. The summed E-state index contributed by atoms with van der Waals surface area (Å²) in [5.41, 5.74) is 0.948. The third-order valence-electron chi connectivity index (χ3n) is 5.79. The van der Waals surface area contributed by atoms with Crippen LogP contribution >= 0.6 is 15.9 Å². The van der Waals surface area contributed by atoms with Crippen molar-refractivity contribution in [3.63, 3.8) is 0 Å². The molecule has 0 aromatic carbocycles. The van der Waals surface area contributed by atoms with Crippen LogP contribution in [0.4, 0.5) is 11.8 Å². The Morgan fingerprint density at radius 1 is 1.31 bits per heavy atom. The number of nitrogens with one attached hydrogen (secondary N) is 2. The van der Waals surface area contributed by atoms with Crippen LogP contribution in [-0.2, 0) is 4.79 Å². The number of hydrogen-bond acceptors (Lipinski definition) is 7. The van der Waals surface area contributed by atoms with Crippen molar-refractivity contribution in [2.24, 2.45) is 5.92 Å². The number of hydrogen-bond donors (Lipinski definition) is 3. The number of pyridine rings is 2. The minimum atomic E-state index is -1.02. The van der Waals surface area contributed by atoms with E-state index in [2.05, 4.69) is 36.2 Å². The maximum Gasteiger partial charge on any atom is 0.312 e. The molecule has 1 atom stereocenters. The third-order valence-corrected chi connectivity index (χ3v) is 6.36. The van der Waals surface area contributed by atoms with Gasteiger partial charge in [0, 0.05) is 29.4 Å². The first-order valence-electron chi connectivity index (χ1n) is 10.5. The lowest BCUT2D eigenvalue weighted by Gasteiger charge is -2.17. The van der Waals surface area contributed by atoms with E-state index in [1.807, 2.05) is 0 Å². The molecule has 3 aromatic heterocycles. The molecular formula is C22H23BrN6O3. The van der Waals surface area contributed by atoms with E-state index >= 15 is 0 Å². The van der Waals surface area contributed by atoms with Crippen LogP contribution in [0.2, 0.25) is 0 Å². The number of fused-ring (bicyclic) bond motifs is 1. The van der Waals surface area contributed by atoms with E-state index < -0.39 is 11.9 Å². The Hall–Kier alpha value is -3.14. The number of nitrogens with zero attached hydrogens (tertiary/aromatic N) is 4. The van der Waals surface area contributed by atoms with Crippen molar-refractivity contribution in [2.75, 3.05) is 5.32 Å². The van der Waals surface area contributed by atoms with E-state index in [9.17, 15) is 14.7 Å². The Labute approximate surface area is 192 Å². The predicted molar refractivity (Wildman–Crippen MR) is 125 cm³/mol. The Balaban J connectivity index is 1.63. The lowest BCUT2D eigenvalue weighted by atomic mass is 9.95. The average Bonchev–Trinajstić information content (AvgIpc) is 3.30. The molecule has 0 spiro atoms. The van der Waals surface area contributed by atoms with Crippen LogP contribution in [-0.4, -0.2) is 36.3 Å². The van der Waals surface area contributed by atoms with Gasteiger partial charge in [-0.3, -0.25) is 14.2 Å². The van der Waals surface area contributed by atoms with E-state index in [1.165, 1.54) is 6.20 Å². The van der Waals surface area contributed by atoms with E-state index in [1.54, 1.807) is 35.9 Å². The second-order valence-corrected chi connectivity index (χ2v) is 8.70.